The predicted molar refractivity (Wildman–Crippen MR) is 240 cm³/mol. The van der Waals surface area contributed by atoms with E-state index < -0.39 is 0 Å². The molecule has 0 aliphatic rings. The van der Waals surface area contributed by atoms with E-state index in [1.165, 1.54) is 44.2 Å². The van der Waals surface area contributed by atoms with Crippen LogP contribution in [-0.4, -0.2) is 0 Å². The first-order valence-electron chi connectivity index (χ1n) is 19.5. The van der Waals surface area contributed by atoms with Gasteiger partial charge in [0.1, 0.15) is 11.3 Å². The summed E-state index contributed by atoms with van der Waals surface area (Å²) in [5.41, 5.74) is 15.9. The van der Waals surface area contributed by atoms with E-state index in [-0.39, 0.29) is 0 Å². The summed E-state index contributed by atoms with van der Waals surface area (Å²) in [6, 6.07) is 78.2. The van der Waals surface area contributed by atoms with Gasteiger partial charge in [0, 0.05) is 33.6 Å². The molecular formula is C55H39NO. The lowest BCUT2D eigenvalue weighted by atomic mass is 9.98. The minimum atomic E-state index is 0.916. The number of rotatable bonds is 8. The zero-order valence-corrected chi connectivity index (χ0v) is 31.6. The maximum absolute atomic E-state index is 6.34. The standard InChI is InChI=1S/C55H39NO/c1-38-53-19-7-8-20-54(53)57-55(38)49-18-10-17-47(37-49)42-25-31-51(32-26-42)56(52-33-27-43(28-34-52)48-22-21-40-13-5-6-14-44(40)36-48)50-29-23-41(24-30-50)46-16-9-15-45(35-46)39-11-3-2-4-12-39/h2-37H,1H3. The van der Waals surface area contributed by atoms with Gasteiger partial charge in [0.15, 0.2) is 0 Å². The van der Waals surface area contributed by atoms with E-state index in [0.29, 0.717) is 0 Å². The Balaban J connectivity index is 0.999. The Morgan fingerprint density at radius 1 is 0.316 bits per heavy atom. The Bertz CT molecular complexity index is 2990. The minimum Gasteiger partial charge on any atom is -0.456 e. The molecule has 10 aromatic rings. The third-order valence-electron chi connectivity index (χ3n) is 11.1. The van der Waals surface area contributed by atoms with E-state index in [0.717, 1.165) is 56.0 Å². The molecular weight excluding hydrogens is 691 g/mol. The molecule has 2 nitrogen and oxygen atoms in total. The number of fused-ring (bicyclic) bond motifs is 2. The highest BCUT2D eigenvalue weighted by molar-refractivity contribution is 5.90. The lowest BCUT2D eigenvalue weighted by molar-refractivity contribution is 0.629. The van der Waals surface area contributed by atoms with Crippen molar-refractivity contribution in [3.63, 3.8) is 0 Å². The lowest BCUT2D eigenvalue weighted by Gasteiger charge is -2.26. The van der Waals surface area contributed by atoms with Crippen LogP contribution in [0.2, 0.25) is 0 Å². The summed E-state index contributed by atoms with van der Waals surface area (Å²) in [5, 5.41) is 3.65. The molecule has 0 N–H and O–H groups in total. The van der Waals surface area contributed by atoms with Gasteiger partial charge in [-0.1, -0.05) is 158 Å². The predicted octanol–water partition coefficient (Wildman–Crippen LogP) is 15.7. The second kappa shape index (κ2) is 14.7. The average molecular weight is 730 g/mol. The van der Waals surface area contributed by atoms with E-state index in [1.54, 1.807) is 0 Å². The van der Waals surface area contributed by atoms with Crippen molar-refractivity contribution >= 4 is 38.8 Å². The van der Waals surface area contributed by atoms with Gasteiger partial charge in [-0.3, -0.25) is 0 Å². The quantitative estimate of drug-likeness (QED) is 0.155. The highest BCUT2D eigenvalue weighted by Crippen LogP contribution is 2.39. The molecule has 57 heavy (non-hydrogen) atoms. The van der Waals surface area contributed by atoms with Crippen LogP contribution >= 0.6 is 0 Å². The fraction of sp³-hybridized carbons (Fsp3) is 0.0182. The molecule has 0 saturated carbocycles. The summed E-state index contributed by atoms with van der Waals surface area (Å²) in [7, 11) is 0. The summed E-state index contributed by atoms with van der Waals surface area (Å²) in [5.74, 6) is 0.920. The molecule has 0 atom stereocenters. The number of nitrogens with zero attached hydrogens (tertiary/aromatic N) is 1. The largest absolute Gasteiger partial charge is 0.456 e. The van der Waals surface area contributed by atoms with Crippen molar-refractivity contribution < 1.29 is 4.42 Å². The Hall–Kier alpha value is -7.42. The monoisotopic (exact) mass is 729 g/mol. The van der Waals surface area contributed by atoms with Crippen LogP contribution in [0, 0.1) is 6.92 Å². The normalized spacial score (nSPS) is 11.2. The maximum Gasteiger partial charge on any atom is 0.138 e. The Kier molecular flexibility index (Phi) is 8.78. The van der Waals surface area contributed by atoms with Gasteiger partial charge in [0.05, 0.1) is 0 Å². The maximum atomic E-state index is 6.34. The van der Waals surface area contributed by atoms with Crippen LogP contribution in [-0.2, 0) is 0 Å². The summed E-state index contributed by atoms with van der Waals surface area (Å²) >= 11 is 0. The summed E-state index contributed by atoms with van der Waals surface area (Å²) in [6.07, 6.45) is 0. The molecule has 10 rings (SSSR count). The van der Waals surface area contributed by atoms with Crippen molar-refractivity contribution in [1.82, 2.24) is 0 Å². The average Bonchev–Trinajstić information content (AvgIpc) is 3.63. The van der Waals surface area contributed by atoms with Crippen LogP contribution in [0.4, 0.5) is 17.1 Å². The second-order valence-electron chi connectivity index (χ2n) is 14.6. The van der Waals surface area contributed by atoms with Gasteiger partial charge < -0.3 is 9.32 Å². The molecule has 0 radical (unpaired) electrons. The second-order valence-corrected chi connectivity index (χ2v) is 14.6. The first kappa shape index (κ1) is 34.1. The number of aryl methyl sites for hydroxylation is 1. The van der Waals surface area contributed by atoms with Gasteiger partial charge in [-0.25, -0.2) is 0 Å². The van der Waals surface area contributed by atoms with Crippen LogP contribution < -0.4 is 4.90 Å². The SMILES string of the molecule is Cc1c(-c2cccc(-c3ccc(N(c4ccc(-c5cccc(-c6ccccc6)c5)cc4)c4ccc(-c5ccc6ccccc6c5)cc4)cc3)c2)oc2ccccc12. The van der Waals surface area contributed by atoms with Gasteiger partial charge >= 0.3 is 0 Å². The minimum absolute atomic E-state index is 0.916. The molecule has 9 aromatic carbocycles. The molecule has 0 aliphatic carbocycles. The van der Waals surface area contributed by atoms with Crippen LogP contribution in [0.25, 0.3) is 77.6 Å². The molecule has 0 aliphatic heterocycles. The first-order chi connectivity index (χ1) is 28.1. The van der Waals surface area contributed by atoms with E-state index >= 15 is 0 Å². The molecule has 0 bridgehead atoms. The Morgan fingerprint density at radius 2 is 0.737 bits per heavy atom. The molecule has 1 heterocycles. The fourth-order valence-corrected chi connectivity index (χ4v) is 8.02. The number of benzene rings is 9. The highest BCUT2D eigenvalue weighted by Gasteiger charge is 2.16. The molecule has 270 valence electrons. The summed E-state index contributed by atoms with van der Waals surface area (Å²) < 4.78 is 6.34. The van der Waals surface area contributed by atoms with Crippen molar-refractivity contribution in [3.8, 4) is 55.8 Å². The Labute approximate surface area is 333 Å². The third-order valence-corrected chi connectivity index (χ3v) is 11.1. The van der Waals surface area contributed by atoms with Crippen molar-refractivity contribution in [3.05, 3.63) is 224 Å². The van der Waals surface area contributed by atoms with Crippen molar-refractivity contribution in [2.75, 3.05) is 4.90 Å². The van der Waals surface area contributed by atoms with Crippen LogP contribution in [0.3, 0.4) is 0 Å². The van der Waals surface area contributed by atoms with E-state index in [4.69, 9.17) is 4.42 Å². The highest BCUT2D eigenvalue weighted by atomic mass is 16.3. The van der Waals surface area contributed by atoms with Crippen molar-refractivity contribution in [2.45, 2.75) is 6.92 Å². The van der Waals surface area contributed by atoms with E-state index in [1.807, 2.05) is 12.1 Å². The van der Waals surface area contributed by atoms with Crippen molar-refractivity contribution in [2.24, 2.45) is 0 Å². The number of anilines is 3. The summed E-state index contributed by atoms with van der Waals surface area (Å²) in [4.78, 5) is 2.34. The van der Waals surface area contributed by atoms with Gasteiger partial charge in [-0.15, -0.1) is 0 Å². The van der Waals surface area contributed by atoms with Gasteiger partial charge in [-0.05, 0) is 123 Å². The molecule has 0 saturated heterocycles. The van der Waals surface area contributed by atoms with Crippen molar-refractivity contribution in [1.29, 1.82) is 0 Å². The Morgan fingerprint density at radius 3 is 1.32 bits per heavy atom. The van der Waals surface area contributed by atoms with Crippen LogP contribution in [0.5, 0.6) is 0 Å². The zero-order valence-electron chi connectivity index (χ0n) is 31.6. The molecule has 2 heteroatoms. The smallest absolute Gasteiger partial charge is 0.138 e. The zero-order chi connectivity index (χ0) is 38.1. The van der Waals surface area contributed by atoms with Crippen LogP contribution in [0.1, 0.15) is 5.56 Å². The molecule has 0 fully saturated rings. The molecule has 0 amide bonds. The molecule has 1 aromatic heterocycles. The molecule has 0 unspecified atom stereocenters. The number of hydrogen-bond donors (Lipinski definition) is 0. The van der Waals surface area contributed by atoms with Gasteiger partial charge in [0.25, 0.3) is 0 Å². The molecule has 0 spiro atoms. The first-order valence-corrected chi connectivity index (χ1v) is 19.5. The summed E-state index contributed by atoms with van der Waals surface area (Å²) in [6.45, 7) is 2.14. The van der Waals surface area contributed by atoms with Gasteiger partial charge in [0.2, 0.25) is 0 Å². The van der Waals surface area contributed by atoms with Gasteiger partial charge in [-0.2, -0.15) is 0 Å². The lowest BCUT2D eigenvalue weighted by Crippen LogP contribution is -2.09. The van der Waals surface area contributed by atoms with E-state index in [2.05, 4.69) is 218 Å². The third kappa shape index (κ3) is 6.68. The van der Waals surface area contributed by atoms with E-state index in [9.17, 15) is 0 Å². The number of hydrogen-bond acceptors (Lipinski definition) is 2. The number of para-hydroxylation sites is 1. The van der Waals surface area contributed by atoms with Crippen LogP contribution in [0.15, 0.2) is 223 Å². The fourth-order valence-electron chi connectivity index (χ4n) is 8.02. The topological polar surface area (TPSA) is 16.4 Å². The number of furan rings is 1.